The second-order valence-corrected chi connectivity index (χ2v) is 48.7. The van der Waals surface area contributed by atoms with Crippen LogP contribution in [0.15, 0.2) is 58.2 Å². The number of hydrogen-bond donors (Lipinski definition) is 4. The van der Waals surface area contributed by atoms with Crippen molar-refractivity contribution in [1.29, 1.82) is 0 Å². The predicted molar refractivity (Wildman–Crippen MR) is 543 cm³/mol. The van der Waals surface area contributed by atoms with Gasteiger partial charge in [-0.1, -0.05) is 85.9 Å². The van der Waals surface area contributed by atoms with Crippen LogP contribution >= 0.6 is 0 Å². The molecule has 13 heterocycles. The molecule has 4 N–H and O–H groups in total. The first-order valence-electron chi connectivity index (χ1n) is 54.4. The number of β-amino-alcohol motifs (C(OH)–C–C–N with tert-alkyl or cyclic N) is 1. The minimum Gasteiger partial charge on any atom is -0.460 e. The van der Waals surface area contributed by atoms with Crippen molar-refractivity contribution in [2.45, 2.75) is 432 Å². The molecule has 35 heteroatoms. The molecule has 13 saturated heterocycles. The number of epoxide rings is 10. The summed E-state index contributed by atoms with van der Waals surface area (Å²) in [6.07, 6.45) is 19.6. The summed E-state index contributed by atoms with van der Waals surface area (Å²) in [5, 5.41) is 32.2. The number of carbonyl (C=O) groups excluding carboxylic acids is 7. The molecular formula is C112H179N5O30. The van der Waals surface area contributed by atoms with E-state index in [-0.39, 0.29) is 233 Å². The summed E-state index contributed by atoms with van der Waals surface area (Å²) in [6.45, 7) is 47.0. The fourth-order valence-corrected chi connectivity index (χ4v) is 26.3. The van der Waals surface area contributed by atoms with Crippen molar-refractivity contribution in [3.63, 3.8) is 0 Å². The molecular weight excluding hydrogens is 1900 g/mol. The number of nitrogens with one attached hydrogen (secondary N) is 1. The Bertz CT molecular complexity index is 4730. The highest BCUT2D eigenvalue weighted by Crippen LogP contribution is 2.66. The Morgan fingerprint density at radius 1 is 0.388 bits per heavy atom. The zero-order valence-electron chi connectivity index (χ0n) is 93.3. The van der Waals surface area contributed by atoms with Crippen molar-refractivity contribution in [3.05, 3.63) is 58.2 Å². The van der Waals surface area contributed by atoms with Gasteiger partial charge in [-0.3, -0.25) is 24.1 Å². The van der Waals surface area contributed by atoms with E-state index in [9.17, 15) is 48.9 Å². The Labute approximate surface area is 872 Å². The van der Waals surface area contributed by atoms with Gasteiger partial charge in [-0.15, -0.1) is 0 Å². The summed E-state index contributed by atoms with van der Waals surface area (Å²) >= 11 is 0. The minimum atomic E-state index is -1.22. The van der Waals surface area contributed by atoms with Gasteiger partial charge in [-0.25, -0.2) is 14.4 Å². The van der Waals surface area contributed by atoms with Crippen molar-refractivity contribution in [2.24, 2.45) is 53.3 Å². The highest BCUT2D eigenvalue weighted by atomic mass is 16.7. The summed E-state index contributed by atoms with van der Waals surface area (Å²) in [5.74, 6) is -1.56. The second kappa shape index (κ2) is 46.0. The standard InChI is InChI=1S/C25H41NO6.C24H39NO6.C21H33NO7.C21H33NO6.C21H33NO5/c1-15(2)9-10-19-24(5,32-19)22-21(29-8)18(11-12-25(22)14-30-25)31-20(27)13-17(16(3)4)23(28)26(6)7;1-14(2)8-9-18-23(5,31-18)21-20(28-7)17(10-11-24(21)13-29-24)30-19(26)12-16(15(3)4)22(27)25-6;1-12(2)5-6-15-20(3,29-15)17-16(26-4)14(7-9-21(17)11-27-21)28-19(25)22-10-8-13(23)18(22)24;1-13(2)6-7-15-20(4,28-15)17-16(25-5)14(8-9-21(17)12-26-21)27-18(23)22-10-19(3,24)11-22;1-14(2)7-8-16-20(3,27-16)18-17(24-4)15(9-10-21(18)13-25-21)26-19(23)22-11-5-6-12-22/h9,16-19,21-22H,10-14H2,1-8H3;8,15-18,20-21H,9-13H2,1-7H3,(H,25,27);5,13-18,23-24H,6-11H2,1-4H3;6,14-17,24H,7-12H2,1-5H3;7,15-18H,5-6,8-13H2,1-4H3/t17?,18-,19-,21-,22-,24+,25?;16?,17-,18-,20-,21-,23+,24?;13?,14-,15-,16-,17-,18?,20+,21?;14-,15-,16-,17-,20+,21?;15-,16-,17-,18-,20+,21?/m11111/s1. The topological polar surface area (TPSA) is 423 Å². The number of allylic oxidation sites excluding steroid dienone is 5. The van der Waals surface area contributed by atoms with Gasteiger partial charge in [0, 0.05) is 76.3 Å². The van der Waals surface area contributed by atoms with E-state index in [4.69, 9.17) is 94.7 Å². The van der Waals surface area contributed by atoms with Gasteiger partial charge in [0.05, 0.1) is 137 Å². The van der Waals surface area contributed by atoms with Gasteiger partial charge in [0.25, 0.3) is 0 Å². The normalized spacial score (nSPS) is 41.0. The Hall–Kier alpha value is -6.33. The molecule has 18 rings (SSSR count). The van der Waals surface area contributed by atoms with Gasteiger partial charge in [0.2, 0.25) is 11.8 Å². The number of amides is 5. The van der Waals surface area contributed by atoms with E-state index >= 15 is 0 Å². The maximum atomic E-state index is 12.9. The lowest BCUT2D eigenvalue weighted by Gasteiger charge is -2.46. The molecule has 0 aromatic rings. The Morgan fingerprint density at radius 3 is 0.871 bits per heavy atom. The molecule has 832 valence electrons. The number of carbonyl (C=O) groups is 7. The summed E-state index contributed by atoms with van der Waals surface area (Å²) < 4.78 is 120. The molecule has 0 bridgehead atoms. The third kappa shape index (κ3) is 25.7. The maximum Gasteiger partial charge on any atom is 0.412 e. The van der Waals surface area contributed by atoms with Crippen molar-refractivity contribution in [1.82, 2.24) is 24.9 Å². The average Bonchev–Trinajstić information content (AvgIpc) is 1.53. The van der Waals surface area contributed by atoms with E-state index < -0.39 is 47.6 Å². The molecule has 34 atom stereocenters. The van der Waals surface area contributed by atoms with Crippen LogP contribution in [-0.4, -0.2) is 365 Å². The highest BCUT2D eigenvalue weighted by Gasteiger charge is 2.78. The number of methoxy groups -OCH3 is 5. The van der Waals surface area contributed by atoms with Crippen molar-refractivity contribution >= 4 is 42.0 Å². The van der Waals surface area contributed by atoms with Crippen LogP contribution in [0.4, 0.5) is 14.4 Å². The van der Waals surface area contributed by atoms with Crippen LogP contribution < -0.4 is 5.32 Å². The number of rotatable bonds is 33. The van der Waals surface area contributed by atoms with Crippen LogP contribution in [0.25, 0.3) is 0 Å². The Morgan fingerprint density at radius 2 is 0.646 bits per heavy atom. The lowest BCUT2D eigenvalue weighted by atomic mass is 9.68. The second-order valence-electron chi connectivity index (χ2n) is 48.7. The molecule has 0 aromatic carbocycles. The van der Waals surface area contributed by atoms with E-state index in [1.165, 1.54) is 37.7 Å². The first-order chi connectivity index (χ1) is 69.2. The molecule has 5 saturated carbocycles. The van der Waals surface area contributed by atoms with Gasteiger partial charge in [-0.2, -0.15) is 0 Å². The van der Waals surface area contributed by atoms with E-state index in [0.717, 1.165) is 103 Å². The van der Waals surface area contributed by atoms with Crippen molar-refractivity contribution in [3.8, 4) is 0 Å². The van der Waals surface area contributed by atoms with Crippen molar-refractivity contribution < 1.29 is 144 Å². The molecule has 35 nitrogen and oxygen atoms in total. The number of nitrogens with zero attached hydrogens (tertiary/aromatic N) is 4. The number of esters is 2. The quantitative estimate of drug-likeness (QED) is 0.0205. The summed E-state index contributed by atoms with van der Waals surface area (Å²) in [4.78, 5) is 94.1. The monoisotopic (exact) mass is 2070 g/mol. The third-order valence-corrected chi connectivity index (χ3v) is 35.5. The van der Waals surface area contributed by atoms with E-state index in [1.54, 1.807) is 68.5 Å². The lowest BCUT2D eigenvalue weighted by molar-refractivity contribution is -0.174. The van der Waals surface area contributed by atoms with Crippen molar-refractivity contribution in [2.75, 3.05) is 122 Å². The fourth-order valence-electron chi connectivity index (χ4n) is 26.3. The van der Waals surface area contributed by atoms with Gasteiger partial charge < -0.3 is 130 Å². The molecule has 147 heavy (non-hydrogen) atoms. The summed E-state index contributed by atoms with van der Waals surface area (Å²) in [5.41, 5.74) is 2.63. The SMILES string of the molecule is CNC(=O)C(CC(=O)O[C@@H]1CCC2(CO2)[C@@H]([C@@]2(C)O[C@@H]2CC=C(C)C)[C@@H]1OC)C(C)C.CO[C@@H]1[C@H](OC(=O)CC(C(=O)N(C)C)C(C)C)CCC2(CO2)[C@H]1[C@@]1(C)O[C@@H]1CC=C(C)C.CO[C@@H]1[C@H](OC(=O)N2CC(C)(O)C2)CCC2(CO2)[C@H]1[C@@]1(C)O[C@@H]1CC=C(C)C.CO[C@@H]1[C@H](OC(=O)N2CCC(O)C2O)CCC2(CO2)[C@H]1[C@@]1(C)O[C@@H]1CC=C(C)C.CO[C@@H]1[C@H](OC(=O)N2CCCC2)CCC2(CO2)[C@H]1[C@@]1(C)O[C@@H]1CC=C(C)C. The van der Waals surface area contributed by atoms with Crippen LogP contribution in [0, 0.1) is 53.3 Å². The minimum absolute atomic E-state index is 0.00746. The molecule has 9 unspecified atom stereocenters. The Kier molecular flexibility index (Phi) is 36.4. The van der Waals surface area contributed by atoms with E-state index in [1.807, 2.05) is 32.6 Å². The molecule has 5 amide bonds. The fraction of sp³-hybridized carbons (Fsp3) is 0.848. The van der Waals surface area contributed by atoms with Crippen LogP contribution in [0.3, 0.4) is 0 Å². The van der Waals surface area contributed by atoms with Gasteiger partial charge >= 0.3 is 30.2 Å². The van der Waals surface area contributed by atoms with Crippen LogP contribution in [0.5, 0.6) is 0 Å². The number of aliphatic hydroxyl groups excluding tert-OH is 2. The van der Waals surface area contributed by atoms with E-state index in [0.29, 0.717) is 71.6 Å². The molecule has 0 radical (unpaired) electrons. The zero-order valence-corrected chi connectivity index (χ0v) is 93.3. The molecule has 5 aliphatic carbocycles. The van der Waals surface area contributed by atoms with Gasteiger partial charge in [0.15, 0.2) is 6.23 Å². The van der Waals surface area contributed by atoms with Gasteiger partial charge in [-0.05, 0) is 238 Å². The van der Waals surface area contributed by atoms with Crippen LogP contribution in [0.1, 0.15) is 267 Å². The molecule has 18 fully saturated rings. The zero-order chi connectivity index (χ0) is 107. The number of aliphatic hydroxyl groups is 3. The van der Waals surface area contributed by atoms with Crippen LogP contribution in [-0.2, 0) is 114 Å². The number of ether oxygens (including phenoxy) is 20. The summed E-state index contributed by atoms with van der Waals surface area (Å²) in [7, 11) is 13.4. The predicted octanol–water partition coefficient (Wildman–Crippen LogP) is 13.5. The average molecular weight is 2080 g/mol. The first kappa shape index (κ1) is 116. The first-order valence-corrected chi connectivity index (χ1v) is 54.4. The molecule has 0 aromatic heterocycles. The number of hydrogen-bond acceptors (Lipinski definition) is 30. The molecule has 5 spiro atoms. The smallest absolute Gasteiger partial charge is 0.412 e. The maximum absolute atomic E-state index is 12.9. The lowest BCUT2D eigenvalue weighted by Crippen LogP contribution is -2.63. The highest BCUT2D eigenvalue weighted by molar-refractivity contribution is 5.84. The Balaban J connectivity index is 0.000000145. The largest absolute Gasteiger partial charge is 0.460 e. The third-order valence-electron chi connectivity index (χ3n) is 35.5. The number of likely N-dealkylation sites (tertiary alicyclic amines) is 3. The van der Waals surface area contributed by atoms with Gasteiger partial charge in [0.1, 0.15) is 123 Å². The van der Waals surface area contributed by atoms with E-state index in [2.05, 4.69) is 140 Å². The van der Waals surface area contributed by atoms with Crippen LogP contribution in [0.2, 0.25) is 0 Å². The summed E-state index contributed by atoms with van der Waals surface area (Å²) in [6, 6.07) is 0. The molecule has 18 aliphatic rings. The molecule has 13 aliphatic heterocycles.